The van der Waals surface area contributed by atoms with E-state index in [9.17, 15) is 0 Å². The molecule has 0 fully saturated rings. The number of halogens is 1. The molecule has 1 atom stereocenters. The van der Waals surface area contributed by atoms with Crippen molar-refractivity contribution >= 4 is 22.6 Å². The molecule has 0 aliphatic rings. The molecule has 0 aliphatic heterocycles. The van der Waals surface area contributed by atoms with Gasteiger partial charge < -0.3 is 5.73 Å². The minimum Gasteiger partial charge on any atom is -0.318 e. The van der Waals surface area contributed by atoms with Crippen molar-refractivity contribution in [2.45, 2.75) is 25.9 Å². The molecule has 2 heterocycles. The fourth-order valence-electron chi connectivity index (χ4n) is 2.33. The van der Waals surface area contributed by atoms with E-state index in [1.807, 2.05) is 28.9 Å². The van der Waals surface area contributed by atoms with Crippen molar-refractivity contribution < 1.29 is 0 Å². The minimum absolute atomic E-state index is 0.441. The van der Waals surface area contributed by atoms with Gasteiger partial charge in [0.05, 0.1) is 45.9 Å². The highest BCUT2D eigenvalue weighted by atomic mass is 35.5. The highest BCUT2D eigenvalue weighted by Gasteiger charge is 2.20. The van der Waals surface area contributed by atoms with E-state index in [2.05, 4.69) is 22.0 Å². The van der Waals surface area contributed by atoms with Crippen LogP contribution >= 0.6 is 11.6 Å². The summed E-state index contributed by atoms with van der Waals surface area (Å²) in [5.41, 5.74) is 9.48. The SMILES string of the molecule is CCCn1ncc(Cl)c1C(N)c1cnc2ccccc2n1. The summed E-state index contributed by atoms with van der Waals surface area (Å²) in [5.74, 6) is 0. The van der Waals surface area contributed by atoms with Crippen LogP contribution < -0.4 is 5.73 Å². The molecule has 0 saturated carbocycles. The molecule has 2 aromatic heterocycles. The molecular formula is C15H16ClN5. The van der Waals surface area contributed by atoms with Crippen molar-refractivity contribution in [1.82, 2.24) is 19.7 Å². The second-order valence-corrected chi connectivity index (χ2v) is 5.27. The van der Waals surface area contributed by atoms with E-state index in [1.54, 1.807) is 12.4 Å². The van der Waals surface area contributed by atoms with E-state index in [0.717, 1.165) is 29.7 Å². The molecule has 2 N–H and O–H groups in total. The van der Waals surface area contributed by atoms with Gasteiger partial charge in [-0.2, -0.15) is 5.10 Å². The second kappa shape index (κ2) is 5.79. The normalized spacial score (nSPS) is 12.7. The Morgan fingerprint density at radius 3 is 2.76 bits per heavy atom. The molecule has 108 valence electrons. The van der Waals surface area contributed by atoms with Gasteiger partial charge in [0.2, 0.25) is 0 Å². The third kappa shape index (κ3) is 2.62. The molecule has 1 unspecified atom stereocenters. The van der Waals surface area contributed by atoms with Crippen molar-refractivity contribution in [3.8, 4) is 0 Å². The standard InChI is InChI=1S/C15H16ClN5/c1-2-7-21-15(10(16)8-19-21)14(17)13-9-18-11-5-3-4-6-12(11)20-13/h3-6,8-9,14H,2,7,17H2,1H3. The zero-order valence-corrected chi connectivity index (χ0v) is 12.5. The molecule has 1 aromatic carbocycles. The number of aromatic nitrogens is 4. The number of nitrogens with zero attached hydrogens (tertiary/aromatic N) is 4. The van der Waals surface area contributed by atoms with Gasteiger partial charge in [0.25, 0.3) is 0 Å². The van der Waals surface area contributed by atoms with Crippen LogP contribution in [0.25, 0.3) is 11.0 Å². The fourth-order valence-corrected chi connectivity index (χ4v) is 2.59. The molecule has 0 amide bonds. The zero-order chi connectivity index (χ0) is 14.8. The first kappa shape index (κ1) is 14.0. The van der Waals surface area contributed by atoms with Gasteiger partial charge in [-0.15, -0.1) is 0 Å². The number of hydrogen-bond donors (Lipinski definition) is 1. The summed E-state index contributed by atoms with van der Waals surface area (Å²) in [5, 5.41) is 4.83. The summed E-state index contributed by atoms with van der Waals surface area (Å²) in [6.07, 6.45) is 4.29. The van der Waals surface area contributed by atoms with Crippen LogP contribution in [0.2, 0.25) is 5.02 Å². The predicted octanol–water partition coefficient (Wildman–Crippen LogP) is 2.94. The Morgan fingerprint density at radius 1 is 1.24 bits per heavy atom. The summed E-state index contributed by atoms with van der Waals surface area (Å²) in [6.45, 7) is 2.86. The number of hydrogen-bond acceptors (Lipinski definition) is 4. The maximum absolute atomic E-state index is 6.34. The van der Waals surface area contributed by atoms with Gasteiger partial charge in [0.15, 0.2) is 0 Å². The number of fused-ring (bicyclic) bond motifs is 1. The van der Waals surface area contributed by atoms with E-state index in [4.69, 9.17) is 17.3 Å². The molecule has 0 bridgehead atoms. The summed E-state index contributed by atoms with van der Waals surface area (Å²) < 4.78 is 1.84. The maximum atomic E-state index is 6.34. The van der Waals surface area contributed by atoms with Gasteiger partial charge in [-0.1, -0.05) is 30.7 Å². The van der Waals surface area contributed by atoms with Crippen molar-refractivity contribution in [3.05, 3.63) is 53.1 Å². The third-order valence-corrected chi connectivity index (χ3v) is 3.64. The van der Waals surface area contributed by atoms with E-state index in [1.165, 1.54) is 0 Å². The Kier molecular flexibility index (Phi) is 3.86. The average molecular weight is 302 g/mol. The number of benzene rings is 1. The van der Waals surface area contributed by atoms with Gasteiger partial charge in [-0.05, 0) is 18.6 Å². The minimum atomic E-state index is -0.441. The topological polar surface area (TPSA) is 69.6 Å². The predicted molar refractivity (Wildman–Crippen MR) is 83.1 cm³/mol. The highest BCUT2D eigenvalue weighted by molar-refractivity contribution is 6.31. The molecule has 0 radical (unpaired) electrons. The molecule has 0 saturated heterocycles. The van der Waals surface area contributed by atoms with Crippen LogP contribution in [0.15, 0.2) is 36.7 Å². The molecule has 0 spiro atoms. The lowest BCUT2D eigenvalue weighted by atomic mass is 10.1. The van der Waals surface area contributed by atoms with Gasteiger partial charge in [-0.3, -0.25) is 9.67 Å². The van der Waals surface area contributed by atoms with Crippen LogP contribution in [-0.4, -0.2) is 19.7 Å². The van der Waals surface area contributed by atoms with Crippen LogP contribution in [-0.2, 0) is 6.54 Å². The summed E-state index contributed by atoms with van der Waals surface area (Å²) in [7, 11) is 0. The largest absolute Gasteiger partial charge is 0.318 e. The molecule has 0 aliphatic carbocycles. The maximum Gasteiger partial charge on any atom is 0.0928 e. The number of rotatable bonds is 4. The lowest BCUT2D eigenvalue weighted by Crippen LogP contribution is -2.19. The van der Waals surface area contributed by atoms with Crippen molar-refractivity contribution in [2.75, 3.05) is 0 Å². The average Bonchev–Trinajstić information content (AvgIpc) is 2.87. The molecular weight excluding hydrogens is 286 g/mol. The van der Waals surface area contributed by atoms with E-state index in [-0.39, 0.29) is 0 Å². The van der Waals surface area contributed by atoms with Gasteiger partial charge >= 0.3 is 0 Å². The first-order valence-corrected chi connectivity index (χ1v) is 7.27. The Hall–Kier alpha value is -1.98. The molecule has 3 rings (SSSR count). The zero-order valence-electron chi connectivity index (χ0n) is 11.7. The van der Waals surface area contributed by atoms with Crippen LogP contribution in [0, 0.1) is 0 Å². The molecule has 5 nitrogen and oxygen atoms in total. The van der Waals surface area contributed by atoms with Gasteiger partial charge in [0.1, 0.15) is 0 Å². The van der Waals surface area contributed by atoms with Crippen molar-refractivity contribution in [2.24, 2.45) is 5.73 Å². The Balaban J connectivity index is 2.03. The first-order chi connectivity index (χ1) is 10.2. The summed E-state index contributed by atoms with van der Waals surface area (Å²) >= 11 is 6.23. The number of nitrogens with two attached hydrogens (primary N) is 1. The summed E-state index contributed by atoms with van der Waals surface area (Å²) in [6, 6.07) is 7.27. The smallest absolute Gasteiger partial charge is 0.0928 e. The third-order valence-electron chi connectivity index (χ3n) is 3.35. The monoisotopic (exact) mass is 301 g/mol. The van der Waals surface area contributed by atoms with Gasteiger partial charge in [0, 0.05) is 6.54 Å². The Labute approximate surface area is 127 Å². The first-order valence-electron chi connectivity index (χ1n) is 6.89. The number of para-hydroxylation sites is 2. The lowest BCUT2D eigenvalue weighted by Gasteiger charge is -2.14. The summed E-state index contributed by atoms with van der Waals surface area (Å²) in [4.78, 5) is 8.99. The van der Waals surface area contributed by atoms with Crippen LogP contribution in [0.1, 0.15) is 30.8 Å². The number of aryl methyl sites for hydroxylation is 1. The molecule has 6 heteroatoms. The van der Waals surface area contributed by atoms with Crippen molar-refractivity contribution in [1.29, 1.82) is 0 Å². The highest BCUT2D eigenvalue weighted by Crippen LogP contribution is 2.26. The molecule has 21 heavy (non-hydrogen) atoms. The van der Waals surface area contributed by atoms with E-state index in [0.29, 0.717) is 10.7 Å². The van der Waals surface area contributed by atoms with Gasteiger partial charge in [-0.25, -0.2) is 4.98 Å². The lowest BCUT2D eigenvalue weighted by molar-refractivity contribution is 0.557. The van der Waals surface area contributed by atoms with Crippen molar-refractivity contribution in [3.63, 3.8) is 0 Å². The second-order valence-electron chi connectivity index (χ2n) is 4.86. The van der Waals surface area contributed by atoms with Crippen LogP contribution in [0.5, 0.6) is 0 Å². The quantitative estimate of drug-likeness (QED) is 0.804. The fraction of sp³-hybridized carbons (Fsp3) is 0.267. The van der Waals surface area contributed by atoms with E-state index >= 15 is 0 Å². The van der Waals surface area contributed by atoms with Crippen LogP contribution in [0.4, 0.5) is 0 Å². The Bertz CT molecular complexity index is 768. The van der Waals surface area contributed by atoms with E-state index < -0.39 is 6.04 Å². The van der Waals surface area contributed by atoms with Crippen LogP contribution in [0.3, 0.4) is 0 Å². The Morgan fingerprint density at radius 2 is 2.00 bits per heavy atom. The molecule has 3 aromatic rings.